The molecule has 1 atom stereocenters. The lowest BCUT2D eigenvalue weighted by Crippen LogP contribution is -2.40. The zero-order chi connectivity index (χ0) is 15.3. The first-order valence-corrected chi connectivity index (χ1v) is 6.76. The van der Waals surface area contributed by atoms with Crippen molar-refractivity contribution in [1.29, 1.82) is 0 Å². The standard InChI is InChI=1S/C15H22N2O3/c1-5-12(9(2)3)16-15(20)17-13-7-6-10(4)8-11(13)14(18)19/h6-9,12H,5H2,1-4H3,(H,18,19)(H2,16,17,20). The summed E-state index contributed by atoms with van der Waals surface area (Å²) in [6.07, 6.45) is 0.824. The molecule has 0 radical (unpaired) electrons. The maximum absolute atomic E-state index is 11.9. The number of carboxylic acid groups (broad SMARTS) is 1. The van der Waals surface area contributed by atoms with E-state index in [1.54, 1.807) is 12.1 Å². The number of carbonyl (C=O) groups excluding carboxylic acids is 1. The average molecular weight is 278 g/mol. The van der Waals surface area contributed by atoms with Crippen molar-refractivity contribution in [2.75, 3.05) is 5.32 Å². The molecule has 1 aromatic carbocycles. The lowest BCUT2D eigenvalue weighted by Gasteiger charge is -2.21. The largest absolute Gasteiger partial charge is 0.478 e. The molecule has 1 aromatic rings. The van der Waals surface area contributed by atoms with Gasteiger partial charge in [-0.15, -0.1) is 0 Å². The first-order valence-electron chi connectivity index (χ1n) is 6.76. The molecule has 0 aromatic heterocycles. The number of hydrogen-bond acceptors (Lipinski definition) is 2. The van der Waals surface area contributed by atoms with E-state index in [-0.39, 0.29) is 17.6 Å². The second-order valence-electron chi connectivity index (χ2n) is 5.21. The highest BCUT2D eigenvalue weighted by molar-refractivity contribution is 6.00. The lowest BCUT2D eigenvalue weighted by atomic mass is 10.0. The highest BCUT2D eigenvalue weighted by Gasteiger charge is 2.16. The fourth-order valence-corrected chi connectivity index (χ4v) is 2.01. The fraction of sp³-hybridized carbons (Fsp3) is 0.467. The number of benzene rings is 1. The van der Waals surface area contributed by atoms with Crippen molar-refractivity contribution in [2.45, 2.75) is 40.2 Å². The molecular formula is C15H22N2O3. The van der Waals surface area contributed by atoms with Crippen molar-refractivity contribution in [3.63, 3.8) is 0 Å². The Labute approximate surface area is 119 Å². The van der Waals surface area contributed by atoms with E-state index < -0.39 is 5.97 Å². The van der Waals surface area contributed by atoms with Crippen molar-refractivity contribution in [1.82, 2.24) is 5.32 Å². The molecule has 5 nitrogen and oxygen atoms in total. The minimum absolute atomic E-state index is 0.0636. The summed E-state index contributed by atoms with van der Waals surface area (Å²) in [7, 11) is 0. The van der Waals surface area contributed by atoms with Gasteiger partial charge < -0.3 is 15.7 Å². The summed E-state index contributed by atoms with van der Waals surface area (Å²) in [5.74, 6) is -0.734. The van der Waals surface area contributed by atoms with E-state index in [0.717, 1.165) is 12.0 Å². The van der Waals surface area contributed by atoms with Crippen molar-refractivity contribution in [3.8, 4) is 0 Å². The summed E-state index contributed by atoms with van der Waals surface area (Å²) in [6, 6.07) is 4.60. The molecule has 5 heteroatoms. The molecule has 3 N–H and O–H groups in total. The molecule has 1 unspecified atom stereocenters. The van der Waals surface area contributed by atoms with Gasteiger partial charge in [-0.3, -0.25) is 0 Å². The third-order valence-corrected chi connectivity index (χ3v) is 3.21. The summed E-state index contributed by atoms with van der Waals surface area (Å²) in [6.45, 7) is 7.87. The molecule has 1 rings (SSSR count). The smallest absolute Gasteiger partial charge is 0.337 e. The third-order valence-electron chi connectivity index (χ3n) is 3.21. The summed E-state index contributed by atoms with van der Waals surface area (Å²) >= 11 is 0. The predicted molar refractivity (Wildman–Crippen MR) is 79.2 cm³/mol. The van der Waals surface area contributed by atoms with Gasteiger partial charge in [0.05, 0.1) is 11.3 Å². The topological polar surface area (TPSA) is 78.4 Å². The number of amides is 2. The Morgan fingerprint density at radius 2 is 1.95 bits per heavy atom. The maximum atomic E-state index is 11.9. The SMILES string of the molecule is CCC(NC(=O)Nc1ccc(C)cc1C(=O)O)C(C)C. The van der Waals surface area contributed by atoms with Crippen LogP contribution in [0.25, 0.3) is 0 Å². The van der Waals surface area contributed by atoms with Crippen LogP contribution >= 0.6 is 0 Å². The molecule has 20 heavy (non-hydrogen) atoms. The zero-order valence-corrected chi connectivity index (χ0v) is 12.4. The van der Waals surface area contributed by atoms with Gasteiger partial charge in [0.2, 0.25) is 0 Å². The van der Waals surface area contributed by atoms with Crippen molar-refractivity contribution in [2.24, 2.45) is 5.92 Å². The molecule has 0 spiro atoms. The van der Waals surface area contributed by atoms with Crippen molar-refractivity contribution >= 4 is 17.7 Å². The molecule has 110 valence electrons. The summed E-state index contributed by atoms with van der Waals surface area (Å²) < 4.78 is 0. The van der Waals surface area contributed by atoms with E-state index in [0.29, 0.717) is 11.6 Å². The molecule has 0 bridgehead atoms. The summed E-state index contributed by atoms with van der Waals surface area (Å²) in [5.41, 5.74) is 1.24. The van der Waals surface area contributed by atoms with Gasteiger partial charge in [0.1, 0.15) is 0 Å². The number of aryl methyl sites for hydroxylation is 1. The van der Waals surface area contributed by atoms with Crippen LogP contribution in [0.5, 0.6) is 0 Å². The quantitative estimate of drug-likeness (QED) is 0.773. The van der Waals surface area contributed by atoms with Crippen LogP contribution in [0.15, 0.2) is 18.2 Å². The number of carbonyl (C=O) groups is 2. The molecule has 0 heterocycles. The minimum atomic E-state index is -1.06. The average Bonchev–Trinajstić information content (AvgIpc) is 2.37. The second kappa shape index (κ2) is 6.93. The Bertz CT molecular complexity index is 498. The van der Waals surface area contributed by atoms with E-state index in [1.165, 1.54) is 6.07 Å². The fourth-order valence-electron chi connectivity index (χ4n) is 2.01. The van der Waals surface area contributed by atoms with Gasteiger partial charge in [-0.2, -0.15) is 0 Å². The maximum Gasteiger partial charge on any atom is 0.337 e. The molecule has 0 aliphatic carbocycles. The highest BCUT2D eigenvalue weighted by Crippen LogP contribution is 2.17. The second-order valence-corrected chi connectivity index (χ2v) is 5.21. The van der Waals surface area contributed by atoms with Crippen LogP contribution in [0, 0.1) is 12.8 Å². The first-order chi connectivity index (χ1) is 9.35. The Kier molecular flexibility index (Phi) is 5.55. The van der Waals surface area contributed by atoms with Gasteiger partial charge in [-0.25, -0.2) is 9.59 Å². The zero-order valence-electron chi connectivity index (χ0n) is 12.4. The van der Waals surface area contributed by atoms with Gasteiger partial charge in [-0.1, -0.05) is 32.4 Å². The molecule has 0 aliphatic heterocycles. The van der Waals surface area contributed by atoms with E-state index in [9.17, 15) is 9.59 Å². The van der Waals surface area contributed by atoms with Gasteiger partial charge in [0.15, 0.2) is 0 Å². The Morgan fingerprint density at radius 3 is 2.45 bits per heavy atom. The number of rotatable bonds is 5. The van der Waals surface area contributed by atoms with E-state index in [4.69, 9.17) is 5.11 Å². The van der Waals surface area contributed by atoms with E-state index in [1.807, 2.05) is 27.7 Å². The van der Waals surface area contributed by atoms with Crippen LogP contribution < -0.4 is 10.6 Å². The molecule has 0 fully saturated rings. The first kappa shape index (κ1) is 16.0. The van der Waals surface area contributed by atoms with Crippen LogP contribution in [0.4, 0.5) is 10.5 Å². The van der Waals surface area contributed by atoms with E-state index >= 15 is 0 Å². The molecule has 2 amide bonds. The number of anilines is 1. The Morgan fingerprint density at radius 1 is 1.30 bits per heavy atom. The number of carboxylic acids is 1. The van der Waals surface area contributed by atoms with Crippen LogP contribution in [0.2, 0.25) is 0 Å². The van der Waals surface area contributed by atoms with Gasteiger partial charge in [0.25, 0.3) is 0 Å². The number of hydrogen-bond donors (Lipinski definition) is 3. The van der Waals surface area contributed by atoms with Crippen LogP contribution in [-0.4, -0.2) is 23.1 Å². The van der Waals surface area contributed by atoms with E-state index in [2.05, 4.69) is 10.6 Å². The summed E-state index contributed by atoms with van der Waals surface area (Å²) in [4.78, 5) is 23.1. The Balaban J connectivity index is 2.83. The molecule has 0 aliphatic rings. The number of urea groups is 1. The van der Waals surface area contributed by atoms with Gasteiger partial charge in [-0.05, 0) is 31.4 Å². The summed E-state index contributed by atoms with van der Waals surface area (Å²) in [5, 5.41) is 14.6. The minimum Gasteiger partial charge on any atom is -0.478 e. The lowest BCUT2D eigenvalue weighted by molar-refractivity contribution is 0.0698. The van der Waals surface area contributed by atoms with Crippen LogP contribution in [-0.2, 0) is 0 Å². The normalized spacial score (nSPS) is 12.1. The number of aromatic carboxylic acids is 1. The molecule has 0 saturated carbocycles. The van der Waals surface area contributed by atoms with Crippen LogP contribution in [0.1, 0.15) is 43.1 Å². The number of nitrogens with one attached hydrogen (secondary N) is 2. The van der Waals surface area contributed by atoms with Gasteiger partial charge in [0, 0.05) is 6.04 Å². The molecular weight excluding hydrogens is 256 g/mol. The predicted octanol–water partition coefficient (Wildman–Crippen LogP) is 3.25. The van der Waals surface area contributed by atoms with Gasteiger partial charge >= 0.3 is 12.0 Å². The van der Waals surface area contributed by atoms with Crippen LogP contribution in [0.3, 0.4) is 0 Å². The van der Waals surface area contributed by atoms with Crippen molar-refractivity contribution < 1.29 is 14.7 Å². The highest BCUT2D eigenvalue weighted by atomic mass is 16.4. The van der Waals surface area contributed by atoms with Crippen molar-refractivity contribution in [3.05, 3.63) is 29.3 Å². The third kappa shape index (κ3) is 4.26. The monoisotopic (exact) mass is 278 g/mol. The molecule has 0 saturated heterocycles. The Hall–Kier alpha value is -2.04.